The van der Waals surface area contributed by atoms with Gasteiger partial charge in [0.2, 0.25) is 0 Å². The van der Waals surface area contributed by atoms with E-state index < -0.39 is 12.1 Å². The van der Waals surface area contributed by atoms with Crippen LogP contribution in [0.25, 0.3) is 0 Å². The highest BCUT2D eigenvalue weighted by atomic mass is 32.2. The van der Waals surface area contributed by atoms with Crippen LogP contribution in [0.4, 0.5) is 13.2 Å². The van der Waals surface area contributed by atoms with Gasteiger partial charge in [0, 0.05) is 38.6 Å². The van der Waals surface area contributed by atoms with Gasteiger partial charge in [-0.25, -0.2) is 9.78 Å². The van der Waals surface area contributed by atoms with Crippen LogP contribution < -0.4 is 5.73 Å². The van der Waals surface area contributed by atoms with E-state index >= 15 is 0 Å². The molecule has 0 aromatic carbocycles. The lowest BCUT2D eigenvalue weighted by Gasteiger charge is -2.32. The summed E-state index contributed by atoms with van der Waals surface area (Å²) in [6.07, 6.45) is 2.43. The minimum atomic E-state index is -5.08. The minimum Gasteiger partial charge on any atom is -0.475 e. The van der Waals surface area contributed by atoms with Crippen molar-refractivity contribution in [3.8, 4) is 0 Å². The standard InChI is InChI=1S/C16H22N6OS.C2HF3O2/c1-24-15-14(3-2-6-18-15)16(23)21-7-4-12(5-8-21)10-22-11-13(9-17)19-20-22;3-2(4,5)1(6)7/h2-3,6,11-12H,4-5,7-10,17H2,1H3;(H,6,7). The van der Waals surface area contributed by atoms with Crippen LogP contribution in [0.3, 0.4) is 0 Å². The highest BCUT2D eigenvalue weighted by molar-refractivity contribution is 7.98. The second kappa shape index (κ2) is 11.1. The number of carbonyl (C=O) groups is 2. The van der Waals surface area contributed by atoms with Crippen LogP contribution in [-0.4, -0.2) is 67.4 Å². The summed E-state index contributed by atoms with van der Waals surface area (Å²) in [7, 11) is 0. The Hall–Kier alpha value is -2.67. The highest BCUT2D eigenvalue weighted by Crippen LogP contribution is 2.23. The topological polar surface area (TPSA) is 127 Å². The first-order chi connectivity index (χ1) is 14.7. The molecule has 2 aromatic heterocycles. The monoisotopic (exact) mass is 460 g/mol. The third kappa shape index (κ3) is 7.21. The SMILES string of the molecule is CSc1ncccc1C(=O)N1CCC(Cn2cc(CN)nn2)CC1.O=C(O)C(F)(F)F. The number of carboxylic acids is 1. The van der Waals surface area contributed by atoms with Crippen molar-refractivity contribution < 1.29 is 27.9 Å². The lowest BCUT2D eigenvalue weighted by Crippen LogP contribution is -2.39. The summed E-state index contributed by atoms with van der Waals surface area (Å²) < 4.78 is 33.6. The summed E-state index contributed by atoms with van der Waals surface area (Å²) in [4.78, 5) is 27.8. The molecular formula is C18H23F3N6O3S. The molecule has 1 saturated heterocycles. The van der Waals surface area contributed by atoms with Gasteiger partial charge in [0.15, 0.2) is 0 Å². The smallest absolute Gasteiger partial charge is 0.475 e. The number of rotatable bonds is 5. The van der Waals surface area contributed by atoms with Crippen molar-refractivity contribution in [2.24, 2.45) is 11.7 Å². The maximum Gasteiger partial charge on any atom is 0.490 e. The van der Waals surface area contributed by atoms with Gasteiger partial charge in [-0.15, -0.1) is 16.9 Å². The first kappa shape index (κ1) is 24.6. The summed E-state index contributed by atoms with van der Waals surface area (Å²) in [6, 6.07) is 3.68. The zero-order valence-corrected chi connectivity index (χ0v) is 17.6. The molecule has 0 atom stereocenters. The molecule has 0 bridgehead atoms. The van der Waals surface area contributed by atoms with Crippen molar-refractivity contribution in [3.05, 3.63) is 35.8 Å². The third-order valence-corrected chi connectivity index (χ3v) is 5.29. The highest BCUT2D eigenvalue weighted by Gasteiger charge is 2.38. The minimum absolute atomic E-state index is 0.0806. The molecule has 0 radical (unpaired) electrons. The summed E-state index contributed by atoms with van der Waals surface area (Å²) in [6.45, 7) is 2.78. The van der Waals surface area contributed by atoms with Gasteiger partial charge in [0.1, 0.15) is 5.03 Å². The van der Waals surface area contributed by atoms with Gasteiger partial charge in [0.05, 0.1) is 11.3 Å². The molecule has 1 amide bonds. The van der Waals surface area contributed by atoms with Gasteiger partial charge < -0.3 is 15.7 Å². The van der Waals surface area contributed by atoms with Gasteiger partial charge in [0.25, 0.3) is 5.91 Å². The van der Waals surface area contributed by atoms with E-state index in [1.54, 1.807) is 6.20 Å². The number of aliphatic carboxylic acids is 1. The molecule has 9 nitrogen and oxygen atoms in total. The molecule has 1 fully saturated rings. The first-order valence-corrected chi connectivity index (χ1v) is 10.6. The van der Waals surface area contributed by atoms with Crippen molar-refractivity contribution in [2.75, 3.05) is 19.3 Å². The summed E-state index contributed by atoms with van der Waals surface area (Å²) in [5.74, 6) is -2.17. The number of carboxylic acid groups (broad SMARTS) is 1. The molecule has 31 heavy (non-hydrogen) atoms. The van der Waals surface area contributed by atoms with E-state index in [1.165, 1.54) is 11.8 Å². The summed E-state index contributed by atoms with van der Waals surface area (Å²) in [5.41, 5.74) is 7.07. The lowest BCUT2D eigenvalue weighted by atomic mass is 9.96. The number of hydrogen-bond acceptors (Lipinski definition) is 7. The van der Waals surface area contributed by atoms with E-state index in [0.29, 0.717) is 18.0 Å². The molecule has 1 aliphatic heterocycles. The first-order valence-electron chi connectivity index (χ1n) is 9.33. The third-order valence-electron chi connectivity index (χ3n) is 4.58. The average molecular weight is 460 g/mol. The molecular weight excluding hydrogens is 437 g/mol. The number of thioether (sulfide) groups is 1. The second-order valence-electron chi connectivity index (χ2n) is 6.73. The van der Waals surface area contributed by atoms with Gasteiger partial charge in [-0.1, -0.05) is 5.21 Å². The molecule has 0 spiro atoms. The Morgan fingerprint density at radius 1 is 1.32 bits per heavy atom. The molecule has 0 aliphatic carbocycles. The Balaban J connectivity index is 0.000000423. The zero-order valence-electron chi connectivity index (χ0n) is 16.7. The molecule has 3 heterocycles. The van der Waals surface area contributed by atoms with Crippen LogP contribution in [0, 0.1) is 5.92 Å². The van der Waals surface area contributed by atoms with Crippen LogP contribution in [0.1, 0.15) is 28.9 Å². The molecule has 2 aromatic rings. The predicted molar refractivity (Wildman–Crippen MR) is 106 cm³/mol. The van der Waals surface area contributed by atoms with Crippen molar-refractivity contribution in [1.82, 2.24) is 24.9 Å². The largest absolute Gasteiger partial charge is 0.490 e. The number of nitrogens with zero attached hydrogens (tertiary/aromatic N) is 5. The second-order valence-corrected chi connectivity index (χ2v) is 7.53. The molecule has 13 heteroatoms. The van der Waals surface area contributed by atoms with E-state index in [9.17, 15) is 18.0 Å². The van der Waals surface area contributed by atoms with E-state index in [2.05, 4.69) is 15.3 Å². The molecule has 1 aliphatic rings. The Labute approximate surface area is 180 Å². The molecule has 3 rings (SSSR count). The van der Waals surface area contributed by atoms with E-state index in [4.69, 9.17) is 15.6 Å². The lowest BCUT2D eigenvalue weighted by molar-refractivity contribution is -0.192. The van der Waals surface area contributed by atoms with Gasteiger partial charge >= 0.3 is 12.1 Å². The summed E-state index contributed by atoms with van der Waals surface area (Å²) in [5, 5.41) is 16.0. The Kier molecular flexibility index (Phi) is 8.80. The van der Waals surface area contributed by atoms with Crippen molar-refractivity contribution in [2.45, 2.75) is 37.1 Å². The van der Waals surface area contributed by atoms with E-state index in [-0.39, 0.29) is 5.91 Å². The number of likely N-dealkylation sites (tertiary alicyclic amines) is 1. The number of halogens is 3. The summed E-state index contributed by atoms with van der Waals surface area (Å²) >= 11 is 1.51. The van der Waals surface area contributed by atoms with Gasteiger partial charge in [-0.05, 0) is 37.1 Å². The van der Waals surface area contributed by atoms with Crippen LogP contribution in [0.2, 0.25) is 0 Å². The van der Waals surface area contributed by atoms with Gasteiger partial charge in [-0.3, -0.25) is 9.48 Å². The molecule has 0 unspecified atom stereocenters. The Morgan fingerprint density at radius 3 is 2.48 bits per heavy atom. The number of aromatic nitrogens is 4. The molecule has 3 N–H and O–H groups in total. The average Bonchev–Trinajstić information content (AvgIpc) is 3.21. The van der Waals surface area contributed by atoms with Crippen molar-refractivity contribution in [3.63, 3.8) is 0 Å². The Bertz CT molecular complexity index is 884. The van der Waals surface area contributed by atoms with Crippen LogP contribution in [0.15, 0.2) is 29.6 Å². The number of hydrogen-bond donors (Lipinski definition) is 2. The van der Waals surface area contributed by atoms with E-state index in [1.807, 2.05) is 34.2 Å². The Morgan fingerprint density at radius 2 is 1.97 bits per heavy atom. The van der Waals surface area contributed by atoms with Gasteiger partial charge in [-0.2, -0.15) is 13.2 Å². The molecule has 0 saturated carbocycles. The number of alkyl halides is 3. The van der Waals surface area contributed by atoms with Crippen LogP contribution in [-0.2, 0) is 17.9 Å². The fraction of sp³-hybridized carbons (Fsp3) is 0.500. The maximum atomic E-state index is 12.7. The normalized spacial score (nSPS) is 14.7. The number of amides is 1. The predicted octanol–water partition coefficient (Wildman–Crippen LogP) is 2.04. The van der Waals surface area contributed by atoms with E-state index in [0.717, 1.165) is 43.2 Å². The van der Waals surface area contributed by atoms with Crippen LogP contribution >= 0.6 is 11.8 Å². The number of carbonyl (C=O) groups excluding carboxylic acids is 1. The van der Waals surface area contributed by atoms with Crippen LogP contribution in [0.5, 0.6) is 0 Å². The fourth-order valence-corrected chi connectivity index (χ4v) is 3.53. The van der Waals surface area contributed by atoms with Crippen molar-refractivity contribution >= 4 is 23.6 Å². The fourth-order valence-electron chi connectivity index (χ4n) is 2.99. The maximum absolute atomic E-state index is 12.7. The molecule has 170 valence electrons. The number of pyridine rings is 1. The van der Waals surface area contributed by atoms with Crippen molar-refractivity contribution in [1.29, 1.82) is 0 Å². The number of piperidine rings is 1. The zero-order chi connectivity index (χ0) is 23.0. The quantitative estimate of drug-likeness (QED) is 0.649. The number of nitrogens with two attached hydrogens (primary N) is 1.